The number of carbonyl (C=O) groups is 1. The molecular formula is C21H21N5O4S. The Morgan fingerprint density at radius 3 is 2.45 bits per heavy atom. The summed E-state index contributed by atoms with van der Waals surface area (Å²) in [5.74, 6) is 0.576. The van der Waals surface area contributed by atoms with Crippen molar-refractivity contribution in [2.45, 2.75) is 32.2 Å². The van der Waals surface area contributed by atoms with Gasteiger partial charge in [-0.15, -0.1) is 0 Å². The lowest BCUT2D eigenvalue weighted by Gasteiger charge is -2.10. The van der Waals surface area contributed by atoms with Crippen LogP contribution in [0.1, 0.15) is 17.1 Å². The number of rotatable bonds is 6. The summed E-state index contributed by atoms with van der Waals surface area (Å²) in [4.78, 5) is 17.0. The first-order valence-electron chi connectivity index (χ1n) is 9.52. The predicted octanol–water partition coefficient (Wildman–Crippen LogP) is 3.39. The van der Waals surface area contributed by atoms with Crippen LogP contribution in [0.2, 0.25) is 0 Å². The Labute approximate surface area is 179 Å². The van der Waals surface area contributed by atoms with Crippen molar-refractivity contribution in [3.05, 3.63) is 65.6 Å². The van der Waals surface area contributed by atoms with Crippen molar-refractivity contribution in [3.8, 4) is 0 Å². The topological polar surface area (TPSA) is 119 Å². The van der Waals surface area contributed by atoms with Gasteiger partial charge in [0.2, 0.25) is 11.8 Å². The van der Waals surface area contributed by atoms with E-state index in [1.54, 1.807) is 13.8 Å². The molecule has 0 spiro atoms. The van der Waals surface area contributed by atoms with E-state index in [4.69, 9.17) is 4.52 Å². The van der Waals surface area contributed by atoms with Crippen LogP contribution in [0.3, 0.4) is 0 Å². The average molecular weight is 439 g/mol. The zero-order valence-electron chi connectivity index (χ0n) is 17.2. The molecule has 10 heteroatoms. The second-order valence-corrected chi connectivity index (χ2v) is 8.82. The van der Waals surface area contributed by atoms with Gasteiger partial charge in [-0.05, 0) is 57.2 Å². The maximum atomic E-state index is 12.6. The quantitative estimate of drug-likeness (QED) is 0.475. The third-order valence-electron chi connectivity index (χ3n) is 4.98. The van der Waals surface area contributed by atoms with E-state index < -0.39 is 10.0 Å². The van der Waals surface area contributed by atoms with Crippen molar-refractivity contribution < 1.29 is 17.7 Å². The van der Waals surface area contributed by atoms with Crippen molar-refractivity contribution >= 4 is 38.5 Å². The molecule has 160 valence electrons. The molecular weight excluding hydrogens is 418 g/mol. The summed E-state index contributed by atoms with van der Waals surface area (Å²) in [5, 5.41) is 6.52. The summed E-state index contributed by atoms with van der Waals surface area (Å²) >= 11 is 0. The van der Waals surface area contributed by atoms with Crippen LogP contribution in [0.15, 0.2) is 57.9 Å². The number of nitrogens with one attached hydrogen (secondary N) is 2. The number of nitrogens with zero attached hydrogens (tertiary/aromatic N) is 3. The Morgan fingerprint density at radius 1 is 1.06 bits per heavy atom. The minimum atomic E-state index is -3.85. The minimum absolute atomic E-state index is 0.0374. The van der Waals surface area contributed by atoms with Gasteiger partial charge in [0.25, 0.3) is 10.0 Å². The van der Waals surface area contributed by atoms with Crippen LogP contribution < -0.4 is 10.0 Å². The van der Waals surface area contributed by atoms with Gasteiger partial charge in [-0.3, -0.25) is 4.79 Å². The van der Waals surface area contributed by atoms with Crippen molar-refractivity contribution in [2.75, 3.05) is 10.0 Å². The third kappa shape index (κ3) is 4.15. The predicted molar refractivity (Wildman–Crippen MR) is 116 cm³/mol. The fourth-order valence-electron chi connectivity index (χ4n) is 3.15. The Morgan fingerprint density at radius 2 is 1.77 bits per heavy atom. The summed E-state index contributed by atoms with van der Waals surface area (Å²) in [6.45, 7) is 5.38. The number of para-hydroxylation sites is 2. The first-order chi connectivity index (χ1) is 14.7. The van der Waals surface area contributed by atoms with Crippen molar-refractivity contribution in [2.24, 2.45) is 0 Å². The smallest absolute Gasteiger partial charge is 0.264 e. The number of aryl methyl sites for hydroxylation is 2. The molecule has 4 rings (SSSR count). The van der Waals surface area contributed by atoms with Crippen LogP contribution in [0.4, 0.5) is 11.6 Å². The van der Waals surface area contributed by atoms with E-state index >= 15 is 0 Å². The molecule has 0 bridgehead atoms. The van der Waals surface area contributed by atoms with Gasteiger partial charge in [0.05, 0.1) is 21.6 Å². The van der Waals surface area contributed by atoms with E-state index in [9.17, 15) is 13.2 Å². The van der Waals surface area contributed by atoms with Crippen LogP contribution in [0.25, 0.3) is 11.0 Å². The zero-order chi connectivity index (χ0) is 22.2. The number of sulfonamides is 1. The number of benzene rings is 2. The van der Waals surface area contributed by atoms with E-state index in [1.165, 1.54) is 24.3 Å². The van der Waals surface area contributed by atoms with Gasteiger partial charge < -0.3 is 14.4 Å². The molecule has 2 aromatic carbocycles. The Balaban J connectivity index is 1.46. The lowest BCUT2D eigenvalue weighted by Crippen LogP contribution is -2.19. The molecule has 31 heavy (non-hydrogen) atoms. The van der Waals surface area contributed by atoms with E-state index in [2.05, 4.69) is 20.2 Å². The number of imidazole rings is 1. The molecule has 0 aliphatic carbocycles. The molecule has 1 amide bonds. The summed E-state index contributed by atoms with van der Waals surface area (Å²) < 4.78 is 34.4. The molecule has 2 aromatic heterocycles. The molecule has 0 unspecified atom stereocenters. The second kappa shape index (κ2) is 7.88. The van der Waals surface area contributed by atoms with Crippen molar-refractivity contribution in [3.63, 3.8) is 0 Å². The summed E-state index contributed by atoms with van der Waals surface area (Å²) in [6, 6.07) is 13.5. The molecule has 0 saturated carbocycles. The lowest BCUT2D eigenvalue weighted by atomic mass is 10.3. The normalized spacial score (nSPS) is 11.6. The number of fused-ring (bicyclic) bond motifs is 1. The highest BCUT2D eigenvalue weighted by molar-refractivity contribution is 7.92. The lowest BCUT2D eigenvalue weighted by molar-refractivity contribution is -0.116. The maximum absolute atomic E-state index is 12.6. The van der Waals surface area contributed by atoms with Crippen LogP contribution in [0, 0.1) is 20.8 Å². The molecule has 4 aromatic rings. The number of hydrogen-bond donors (Lipinski definition) is 2. The van der Waals surface area contributed by atoms with Crippen LogP contribution in [0.5, 0.6) is 0 Å². The fourth-order valence-corrected chi connectivity index (χ4v) is 4.20. The van der Waals surface area contributed by atoms with Gasteiger partial charge in [0.1, 0.15) is 12.4 Å². The SMILES string of the molecule is Cc1noc(NS(=O)(=O)c2ccc(NC(=O)Cn3c(C)nc4ccccc43)cc2)c1C. The fraction of sp³-hybridized carbons (Fsp3) is 0.190. The molecule has 0 aliphatic rings. The summed E-state index contributed by atoms with van der Waals surface area (Å²) in [5.41, 5.74) is 3.41. The summed E-state index contributed by atoms with van der Waals surface area (Å²) in [6.07, 6.45) is 0. The highest BCUT2D eigenvalue weighted by atomic mass is 32.2. The second-order valence-electron chi connectivity index (χ2n) is 7.13. The average Bonchev–Trinajstić information content (AvgIpc) is 3.21. The summed E-state index contributed by atoms with van der Waals surface area (Å²) in [7, 11) is -3.85. The van der Waals surface area contributed by atoms with E-state index in [0.29, 0.717) is 16.9 Å². The zero-order valence-corrected chi connectivity index (χ0v) is 18.0. The highest BCUT2D eigenvalue weighted by Crippen LogP contribution is 2.23. The van der Waals surface area contributed by atoms with E-state index in [0.717, 1.165) is 16.9 Å². The Hall–Kier alpha value is -3.66. The number of aromatic nitrogens is 3. The Bertz CT molecular complexity index is 1370. The Kier molecular flexibility index (Phi) is 5.24. The third-order valence-corrected chi connectivity index (χ3v) is 6.33. The molecule has 9 nitrogen and oxygen atoms in total. The van der Waals surface area contributed by atoms with E-state index in [-0.39, 0.29) is 23.2 Å². The molecule has 0 radical (unpaired) electrons. The van der Waals surface area contributed by atoms with E-state index in [1.807, 2.05) is 35.8 Å². The minimum Gasteiger partial charge on any atom is -0.337 e. The van der Waals surface area contributed by atoms with Gasteiger partial charge >= 0.3 is 0 Å². The number of amides is 1. The first-order valence-corrected chi connectivity index (χ1v) is 11.0. The van der Waals surface area contributed by atoms with Gasteiger partial charge in [0, 0.05) is 11.3 Å². The molecule has 2 N–H and O–H groups in total. The van der Waals surface area contributed by atoms with Crippen LogP contribution in [-0.4, -0.2) is 29.0 Å². The van der Waals surface area contributed by atoms with Gasteiger partial charge in [-0.2, -0.15) is 0 Å². The monoisotopic (exact) mass is 439 g/mol. The van der Waals surface area contributed by atoms with Crippen LogP contribution >= 0.6 is 0 Å². The van der Waals surface area contributed by atoms with Gasteiger partial charge in [0.15, 0.2) is 0 Å². The largest absolute Gasteiger partial charge is 0.337 e. The van der Waals surface area contributed by atoms with Crippen molar-refractivity contribution in [1.29, 1.82) is 0 Å². The molecule has 0 atom stereocenters. The number of hydrogen-bond acceptors (Lipinski definition) is 6. The molecule has 0 fully saturated rings. The molecule has 0 saturated heterocycles. The van der Waals surface area contributed by atoms with Gasteiger partial charge in [-0.25, -0.2) is 18.1 Å². The van der Waals surface area contributed by atoms with Crippen LogP contribution in [-0.2, 0) is 21.4 Å². The van der Waals surface area contributed by atoms with Gasteiger partial charge in [-0.1, -0.05) is 17.3 Å². The maximum Gasteiger partial charge on any atom is 0.264 e. The molecule has 2 heterocycles. The number of carbonyl (C=O) groups excluding carboxylic acids is 1. The standard InChI is InChI=1S/C21H21N5O4S/c1-13-14(2)24-30-21(13)25-31(28,29)17-10-8-16(9-11-17)23-20(27)12-26-15(3)22-18-6-4-5-7-19(18)26/h4-11,25H,12H2,1-3H3,(H,23,27). The number of anilines is 2. The highest BCUT2D eigenvalue weighted by Gasteiger charge is 2.19. The first kappa shape index (κ1) is 20.6. The van der Waals surface area contributed by atoms with Crippen molar-refractivity contribution in [1.82, 2.24) is 14.7 Å². The molecule has 0 aliphatic heterocycles.